The summed E-state index contributed by atoms with van der Waals surface area (Å²) >= 11 is 0. The minimum Gasteiger partial charge on any atom is -0.379 e. The molecule has 0 spiro atoms. The summed E-state index contributed by atoms with van der Waals surface area (Å²) in [7, 11) is 0. The van der Waals surface area contributed by atoms with E-state index in [1.807, 2.05) is 0 Å². The van der Waals surface area contributed by atoms with Gasteiger partial charge in [-0.2, -0.15) is 48.3 Å². The van der Waals surface area contributed by atoms with E-state index in [-0.39, 0.29) is 6.54 Å². The van der Waals surface area contributed by atoms with Crippen LogP contribution in [0.25, 0.3) is 0 Å². The summed E-state index contributed by atoms with van der Waals surface area (Å²) in [5, 5.41) is 1.60. The fraction of sp³-hybridized carbons (Fsp3) is 0.933. The van der Waals surface area contributed by atoms with Gasteiger partial charge in [-0.25, -0.2) is 0 Å². The van der Waals surface area contributed by atoms with Crippen LogP contribution in [-0.2, 0) is 9.53 Å². The molecule has 0 aromatic carbocycles. The number of nitrogens with one attached hydrogen (secondary N) is 1. The predicted molar refractivity (Wildman–Crippen MR) is 80.0 cm³/mol. The van der Waals surface area contributed by atoms with E-state index in [9.17, 15) is 53.1 Å². The Labute approximate surface area is 163 Å². The number of amides is 1. The third kappa shape index (κ3) is 7.10. The number of hydrogen-bond acceptors (Lipinski definition) is 3. The van der Waals surface area contributed by atoms with E-state index in [0.717, 1.165) is 0 Å². The Kier molecular flexibility index (Phi) is 8.36. The highest BCUT2D eigenvalue weighted by atomic mass is 19.4. The summed E-state index contributed by atoms with van der Waals surface area (Å²) < 4.78 is 148. The zero-order valence-electron chi connectivity index (χ0n) is 15.3. The van der Waals surface area contributed by atoms with Gasteiger partial charge in [-0.3, -0.25) is 9.69 Å². The standard InChI is InChI=1S/C15H19F11N2O2/c16-11(17,10(29)27-3-4-28-5-7-30-8-6-28)9-14(22,23)12(18,19)1-2-13(20,21)15(24,25)26/h1-9H2,(H,27,29). The van der Waals surface area contributed by atoms with Gasteiger partial charge < -0.3 is 10.1 Å². The second-order valence-electron chi connectivity index (χ2n) is 6.70. The highest BCUT2D eigenvalue weighted by Crippen LogP contribution is 2.47. The Balaban J connectivity index is 2.65. The maximum atomic E-state index is 13.7. The number of hydrogen-bond donors (Lipinski definition) is 1. The molecule has 1 amide bonds. The lowest BCUT2D eigenvalue weighted by Gasteiger charge is -2.31. The van der Waals surface area contributed by atoms with Gasteiger partial charge in [-0.05, 0) is 0 Å². The first-order chi connectivity index (χ1) is 13.4. The number of halogens is 11. The molecule has 1 heterocycles. The van der Waals surface area contributed by atoms with Crippen LogP contribution in [0.3, 0.4) is 0 Å². The number of nitrogens with zero attached hydrogens (tertiary/aromatic N) is 1. The Morgan fingerprint density at radius 2 is 1.30 bits per heavy atom. The predicted octanol–water partition coefficient (Wildman–Crippen LogP) is 3.71. The molecule has 0 aromatic rings. The van der Waals surface area contributed by atoms with E-state index in [0.29, 0.717) is 26.3 Å². The summed E-state index contributed by atoms with van der Waals surface area (Å²) in [4.78, 5) is 13.1. The van der Waals surface area contributed by atoms with Crippen LogP contribution in [-0.4, -0.2) is 80.1 Å². The van der Waals surface area contributed by atoms with Crippen molar-refractivity contribution in [3.05, 3.63) is 0 Å². The average Bonchev–Trinajstić information content (AvgIpc) is 2.59. The van der Waals surface area contributed by atoms with Crippen molar-refractivity contribution in [1.82, 2.24) is 10.2 Å². The summed E-state index contributed by atoms with van der Waals surface area (Å²) in [5.41, 5.74) is 0. The largest absolute Gasteiger partial charge is 0.453 e. The molecule has 15 heteroatoms. The molecule has 1 aliphatic heterocycles. The molecule has 0 bridgehead atoms. The number of carbonyl (C=O) groups is 1. The molecule has 0 atom stereocenters. The topological polar surface area (TPSA) is 41.6 Å². The zero-order chi connectivity index (χ0) is 23.4. The second-order valence-corrected chi connectivity index (χ2v) is 6.70. The van der Waals surface area contributed by atoms with Gasteiger partial charge >= 0.3 is 29.9 Å². The van der Waals surface area contributed by atoms with Crippen molar-refractivity contribution in [2.24, 2.45) is 0 Å². The summed E-state index contributed by atoms with van der Waals surface area (Å²) in [6.07, 6.45) is -14.8. The van der Waals surface area contributed by atoms with Crippen molar-refractivity contribution in [1.29, 1.82) is 0 Å². The first-order valence-corrected chi connectivity index (χ1v) is 8.58. The number of alkyl halides is 11. The van der Waals surface area contributed by atoms with Gasteiger partial charge in [0.2, 0.25) is 0 Å². The molecule has 0 radical (unpaired) electrons. The highest BCUT2D eigenvalue weighted by Gasteiger charge is 2.64. The molecule has 1 aliphatic rings. The molecule has 0 aliphatic carbocycles. The molecule has 0 unspecified atom stereocenters. The van der Waals surface area contributed by atoms with Crippen LogP contribution in [0.4, 0.5) is 48.3 Å². The number of ether oxygens (including phenoxy) is 1. The Morgan fingerprint density at radius 1 is 0.800 bits per heavy atom. The molecule has 1 saturated heterocycles. The van der Waals surface area contributed by atoms with Gasteiger partial charge in [0.1, 0.15) is 0 Å². The number of rotatable bonds is 10. The molecule has 0 saturated carbocycles. The van der Waals surface area contributed by atoms with E-state index in [1.165, 1.54) is 0 Å². The van der Waals surface area contributed by atoms with E-state index in [1.54, 1.807) is 10.2 Å². The summed E-state index contributed by atoms with van der Waals surface area (Å²) in [6, 6.07) is 0. The molecule has 1 N–H and O–H groups in total. The fourth-order valence-electron chi connectivity index (χ4n) is 2.41. The minimum absolute atomic E-state index is 0.0459. The Bertz CT molecular complexity index is 575. The maximum Gasteiger partial charge on any atom is 0.453 e. The van der Waals surface area contributed by atoms with Gasteiger partial charge in [-0.1, -0.05) is 0 Å². The SMILES string of the molecule is O=C(NCCN1CCOCC1)C(F)(F)CC(F)(F)C(F)(F)CCC(F)(F)C(F)(F)F. The highest BCUT2D eigenvalue weighted by molar-refractivity contribution is 5.83. The Morgan fingerprint density at radius 3 is 1.80 bits per heavy atom. The summed E-state index contributed by atoms with van der Waals surface area (Å²) in [6.45, 7) is 1.15. The zero-order valence-corrected chi connectivity index (χ0v) is 15.3. The van der Waals surface area contributed by atoms with Gasteiger partial charge in [0.25, 0.3) is 5.91 Å². The van der Waals surface area contributed by atoms with Crippen LogP contribution in [0.5, 0.6) is 0 Å². The van der Waals surface area contributed by atoms with E-state index >= 15 is 0 Å². The van der Waals surface area contributed by atoms with Crippen LogP contribution in [0.2, 0.25) is 0 Å². The fourth-order valence-corrected chi connectivity index (χ4v) is 2.41. The number of carbonyl (C=O) groups excluding carboxylic acids is 1. The van der Waals surface area contributed by atoms with Crippen LogP contribution >= 0.6 is 0 Å². The average molecular weight is 468 g/mol. The van der Waals surface area contributed by atoms with Crippen molar-refractivity contribution in [2.45, 2.75) is 49.1 Å². The smallest absolute Gasteiger partial charge is 0.379 e. The van der Waals surface area contributed by atoms with E-state index in [2.05, 4.69) is 0 Å². The summed E-state index contributed by atoms with van der Waals surface area (Å²) in [5.74, 6) is -24.4. The molecular formula is C15H19F11N2O2. The minimum atomic E-state index is -6.28. The molecule has 0 aromatic heterocycles. The first-order valence-electron chi connectivity index (χ1n) is 8.58. The lowest BCUT2D eigenvalue weighted by molar-refractivity contribution is -0.295. The third-order valence-corrected chi connectivity index (χ3v) is 4.30. The van der Waals surface area contributed by atoms with E-state index < -0.39 is 61.6 Å². The van der Waals surface area contributed by atoms with Crippen molar-refractivity contribution < 1.29 is 57.8 Å². The third-order valence-electron chi connectivity index (χ3n) is 4.30. The van der Waals surface area contributed by atoms with Crippen molar-refractivity contribution in [2.75, 3.05) is 39.4 Å². The van der Waals surface area contributed by atoms with Crippen molar-refractivity contribution in [3.8, 4) is 0 Å². The molecule has 1 fully saturated rings. The van der Waals surface area contributed by atoms with Gasteiger partial charge in [0.15, 0.2) is 0 Å². The second kappa shape index (κ2) is 9.40. The Hall–Kier alpha value is -1.38. The molecule has 4 nitrogen and oxygen atoms in total. The van der Waals surface area contributed by atoms with Crippen LogP contribution in [0.1, 0.15) is 19.3 Å². The normalized spacial score (nSPS) is 17.8. The lowest BCUT2D eigenvalue weighted by atomic mass is 9.97. The van der Waals surface area contributed by atoms with Gasteiger partial charge in [0, 0.05) is 39.0 Å². The quantitative estimate of drug-likeness (QED) is 0.498. The first kappa shape index (κ1) is 26.7. The molecule has 30 heavy (non-hydrogen) atoms. The van der Waals surface area contributed by atoms with Crippen LogP contribution < -0.4 is 5.32 Å². The van der Waals surface area contributed by atoms with Crippen molar-refractivity contribution in [3.63, 3.8) is 0 Å². The van der Waals surface area contributed by atoms with Gasteiger partial charge in [0.05, 0.1) is 19.6 Å². The molecule has 178 valence electrons. The van der Waals surface area contributed by atoms with Gasteiger partial charge in [-0.15, -0.1) is 0 Å². The monoisotopic (exact) mass is 468 g/mol. The lowest BCUT2D eigenvalue weighted by Crippen LogP contribution is -2.51. The van der Waals surface area contributed by atoms with Crippen LogP contribution in [0.15, 0.2) is 0 Å². The van der Waals surface area contributed by atoms with E-state index in [4.69, 9.17) is 4.74 Å². The molecular weight excluding hydrogens is 449 g/mol. The molecule has 1 rings (SSSR count). The van der Waals surface area contributed by atoms with Crippen molar-refractivity contribution >= 4 is 5.91 Å². The number of morpholine rings is 1. The van der Waals surface area contributed by atoms with Crippen LogP contribution in [0, 0.1) is 0 Å². The maximum absolute atomic E-state index is 13.7.